The predicted molar refractivity (Wildman–Crippen MR) is 400 cm³/mol. The Morgan fingerprint density at radius 3 is 0.633 bits per heavy atom. The number of carbonyl (C=O) groups excluding carboxylic acids is 4. The van der Waals surface area contributed by atoms with Gasteiger partial charge in [-0.3, -0.25) is 37.3 Å². The summed E-state index contributed by atoms with van der Waals surface area (Å²) in [7, 11) is -9.92. The molecule has 0 spiro atoms. The first kappa shape index (κ1) is 96.1. The van der Waals surface area contributed by atoms with Gasteiger partial charge in [-0.15, -0.1) is 0 Å². The van der Waals surface area contributed by atoms with Crippen LogP contribution in [0.15, 0.2) is 0 Å². The molecule has 0 aromatic rings. The molecule has 0 rings (SSSR count). The average molecular weight is 1440 g/mol. The molecule has 19 heteroatoms. The molecule has 0 radical (unpaired) electrons. The number of esters is 4. The highest BCUT2D eigenvalue weighted by Gasteiger charge is 2.30. The van der Waals surface area contributed by atoms with Crippen LogP contribution in [0, 0.1) is 23.7 Å². The summed E-state index contributed by atoms with van der Waals surface area (Å²) in [4.78, 5) is 72.9. The van der Waals surface area contributed by atoms with Crippen LogP contribution in [-0.2, 0) is 65.4 Å². The highest BCUT2D eigenvalue weighted by molar-refractivity contribution is 7.47. The lowest BCUT2D eigenvalue weighted by Gasteiger charge is -2.21. The van der Waals surface area contributed by atoms with Gasteiger partial charge in [0.25, 0.3) is 0 Å². The fraction of sp³-hybridized carbons (Fsp3) is 0.949. The number of hydrogen-bond donors (Lipinski definition) is 3. The molecule has 0 aromatic carbocycles. The maximum Gasteiger partial charge on any atom is 0.472 e. The molecular formula is C79H154O17P2. The number of unbranched alkanes of at least 4 members (excludes halogenated alkanes) is 42. The van der Waals surface area contributed by atoms with E-state index >= 15 is 0 Å². The summed E-state index contributed by atoms with van der Waals surface area (Å²) in [6.45, 7) is 14.2. The minimum absolute atomic E-state index is 0.106. The largest absolute Gasteiger partial charge is 0.472 e. The van der Waals surface area contributed by atoms with Crippen molar-refractivity contribution in [2.75, 3.05) is 39.6 Å². The lowest BCUT2D eigenvalue weighted by atomic mass is 10.0. The Hall–Kier alpha value is -1.94. The van der Waals surface area contributed by atoms with Crippen molar-refractivity contribution in [2.24, 2.45) is 23.7 Å². The monoisotopic (exact) mass is 1440 g/mol. The molecule has 0 bridgehead atoms. The van der Waals surface area contributed by atoms with E-state index in [0.29, 0.717) is 31.6 Å². The van der Waals surface area contributed by atoms with Gasteiger partial charge >= 0.3 is 39.5 Å². The van der Waals surface area contributed by atoms with E-state index in [9.17, 15) is 43.2 Å². The lowest BCUT2D eigenvalue weighted by molar-refractivity contribution is -0.161. The first-order chi connectivity index (χ1) is 47.1. The number of hydrogen-bond acceptors (Lipinski definition) is 15. The van der Waals surface area contributed by atoms with E-state index in [0.717, 1.165) is 114 Å². The molecule has 0 aliphatic heterocycles. The first-order valence-electron chi connectivity index (χ1n) is 40.7. The van der Waals surface area contributed by atoms with E-state index in [2.05, 4.69) is 55.4 Å². The van der Waals surface area contributed by atoms with Gasteiger partial charge in [0.1, 0.15) is 19.3 Å². The molecule has 0 heterocycles. The molecular weight excluding hydrogens is 1280 g/mol. The van der Waals surface area contributed by atoms with Crippen LogP contribution in [0.4, 0.5) is 0 Å². The van der Waals surface area contributed by atoms with Crippen LogP contribution in [0.25, 0.3) is 0 Å². The Labute approximate surface area is 600 Å². The first-order valence-corrected chi connectivity index (χ1v) is 43.7. The normalized spacial score (nSPS) is 14.1. The zero-order valence-corrected chi connectivity index (χ0v) is 66.2. The van der Waals surface area contributed by atoms with Crippen molar-refractivity contribution in [3.63, 3.8) is 0 Å². The van der Waals surface area contributed by atoms with Gasteiger partial charge < -0.3 is 33.8 Å². The van der Waals surface area contributed by atoms with Gasteiger partial charge in [-0.25, -0.2) is 9.13 Å². The molecule has 0 aliphatic carbocycles. The Morgan fingerprint density at radius 1 is 0.255 bits per heavy atom. The molecule has 0 aliphatic rings. The molecule has 3 N–H and O–H groups in total. The number of phosphoric acid groups is 2. The van der Waals surface area contributed by atoms with Crippen molar-refractivity contribution in [1.82, 2.24) is 0 Å². The smallest absolute Gasteiger partial charge is 0.462 e. The number of aliphatic hydroxyl groups is 1. The molecule has 0 amide bonds. The van der Waals surface area contributed by atoms with Crippen molar-refractivity contribution in [3.8, 4) is 0 Å². The standard InChI is InChI=1S/C79H154O17P2/c1-69(2)55-47-39-31-25-19-14-11-9-10-12-16-22-28-34-43-51-59-76(81)89-65-74(95-79(84)62-54-46-36-30-24-18-21-27-33-41-49-57-71(5)6)67-93-97(85,86)91-63-73(80)64-92-98(87,88)94-68-75(66-90-77(82)60-52-44-38-37-42-50-58-72(7)8)96-78(83)61-53-45-35-29-23-17-13-15-20-26-32-40-48-56-70(3)4/h69-75,80H,9-68H2,1-8H3,(H,85,86)(H,87,88)/t73-,74-,75-/m1/s1. The third kappa shape index (κ3) is 72.4. The van der Waals surface area contributed by atoms with Crippen molar-refractivity contribution >= 4 is 39.5 Å². The summed E-state index contributed by atoms with van der Waals surface area (Å²) in [6.07, 6.45) is 54.3. The molecule has 582 valence electrons. The molecule has 17 nitrogen and oxygen atoms in total. The summed E-state index contributed by atoms with van der Waals surface area (Å²) in [5.74, 6) is 0.925. The van der Waals surface area contributed by atoms with Crippen molar-refractivity contribution in [3.05, 3.63) is 0 Å². The predicted octanol–water partition coefficient (Wildman–Crippen LogP) is 23.2. The third-order valence-electron chi connectivity index (χ3n) is 18.3. The molecule has 5 atom stereocenters. The van der Waals surface area contributed by atoms with E-state index in [1.807, 2.05) is 0 Å². The van der Waals surface area contributed by atoms with Gasteiger partial charge in [-0.05, 0) is 49.4 Å². The highest BCUT2D eigenvalue weighted by Crippen LogP contribution is 2.45. The van der Waals surface area contributed by atoms with Crippen LogP contribution in [0.3, 0.4) is 0 Å². The summed E-state index contributed by atoms with van der Waals surface area (Å²) in [6, 6.07) is 0. The van der Waals surface area contributed by atoms with Crippen molar-refractivity contribution in [2.45, 2.75) is 420 Å². The summed E-state index contributed by atoms with van der Waals surface area (Å²) in [5, 5.41) is 10.6. The van der Waals surface area contributed by atoms with Crippen LogP contribution in [0.5, 0.6) is 0 Å². The molecule has 2 unspecified atom stereocenters. The van der Waals surface area contributed by atoms with E-state index in [1.54, 1.807) is 0 Å². The van der Waals surface area contributed by atoms with Gasteiger partial charge in [-0.2, -0.15) is 0 Å². The summed E-state index contributed by atoms with van der Waals surface area (Å²) in [5.41, 5.74) is 0. The second kappa shape index (κ2) is 68.2. The van der Waals surface area contributed by atoms with Gasteiger partial charge in [0.15, 0.2) is 12.2 Å². The second-order valence-corrected chi connectivity index (χ2v) is 33.3. The molecule has 0 fully saturated rings. The number of aliphatic hydroxyl groups excluding tert-OH is 1. The maximum atomic E-state index is 13.1. The van der Waals surface area contributed by atoms with Crippen molar-refractivity contribution in [1.29, 1.82) is 0 Å². The van der Waals surface area contributed by atoms with E-state index in [-0.39, 0.29) is 25.7 Å². The fourth-order valence-electron chi connectivity index (χ4n) is 12.1. The summed E-state index contributed by atoms with van der Waals surface area (Å²) >= 11 is 0. The average Bonchev–Trinajstić information content (AvgIpc) is 0.966. The summed E-state index contributed by atoms with van der Waals surface area (Å²) < 4.78 is 68.6. The van der Waals surface area contributed by atoms with Crippen LogP contribution >= 0.6 is 15.6 Å². The number of ether oxygens (including phenoxy) is 4. The van der Waals surface area contributed by atoms with Gasteiger partial charge in [0.05, 0.1) is 26.4 Å². The highest BCUT2D eigenvalue weighted by atomic mass is 31.2. The Morgan fingerprint density at radius 2 is 0.429 bits per heavy atom. The maximum absolute atomic E-state index is 13.1. The number of phosphoric ester groups is 2. The van der Waals surface area contributed by atoms with E-state index in [4.69, 9.17) is 37.0 Å². The molecule has 0 aromatic heterocycles. The second-order valence-electron chi connectivity index (χ2n) is 30.4. The SMILES string of the molecule is CC(C)CCCCCCCCCCCCCCCCCCC(=O)OC[C@H](COP(=O)(O)OC[C@@H](O)COP(=O)(O)OC[C@@H](COC(=O)CCCCCCCCC(C)C)OC(=O)CCCCCCCCCCCCCCCC(C)C)OC(=O)CCCCCCCCCCCCCC(C)C. The topological polar surface area (TPSA) is 237 Å². The number of rotatable bonds is 76. The zero-order valence-electron chi connectivity index (χ0n) is 64.4. The zero-order chi connectivity index (χ0) is 72.4. The Balaban J connectivity index is 5.21. The Kier molecular flexibility index (Phi) is 66.8. The fourth-order valence-corrected chi connectivity index (χ4v) is 13.7. The van der Waals surface area contributed by atoms with Crippen LogP contribution < -0.4 is 0 Å². The van der Waals surface area contributed by atoms with Crippen LogP contribution in [0.1, 0.15) is 402 Å². The van der Waals surface area contributed by atoms with Crippen molar-refractivity contribution < 1.29 is 80.2 Å². The molecule has 98 heavy (non-hydrogen) atoms. The number of carbonyl (C=O) groups is 4. The van der Waals surface area contributed by atoms with Gasteiger partial charge in [0, 0.05) is 25.7 Å². The third-order valence-corrected chi connectivity index (χ3v) is 20.2. The van der Waals surface area contributed by atoms with Crippen LogP contribution in [0.2, 0.25) is 0 Å². The Bertz CT molecular complexity index is 1920. The minimum atomic E-state index is -4.96. The lowest BCUT2D eigenvalue weighted by Crippen LogP contribution is -2.30. The van der Waals surface area contributed by atoms with E-state index in [1.165, 1.54) is 199 Å². The van der Waals surface area contributed by atoms with Gasteiger partial charge in [-0.1, -0.05) is 351 Å². The molecule has 0 saturated heterocycles. The van der Waals surface area contributed by atoms with Crippen LogP contribution in [-0.4, -0.2) is 96.7 Å². The quantitative estimate of drug-likeness (QED) is 0.0222. The van der Waals surface area contributed by atoms with E-state index < -0.39 is 97.5 Å². The van der Waals surface area contributed by atoms with Gasteiger partial charge in [0.2, 0.25) is 0 Å². The minimum Gasteiger partial charge on any atom is -0.462 e. The molecule has 0 saturated carbocycles.